The summed E-state index contributed by atoms with van der Waals surface area (Å²) >= 11 is 0. The van der Waals surface area contributed by atoms with Gasteiger partial charge in [0.2, 0.25) is 5.89 Å². The standard InChI is InChI=1S/C17H18N4O2/c1-11-19-17(23-20-11)16-8-14(22)10-21(16)9-12-4-5-15-13(7-12)3-2-6-18-15/h2-7,14,16,22H,8-10H2,1H3/t14-,16-/m1/s1. The first kappa shape index (κ1) is 14.3. The van der Waals surface area contributed by atoms with Crippen molar-refractivity contribution in [1.82, 2.24) is 20.0 Å². The van der Waals surface area contributed by atoms with Crippen LogP contribution in [-0.4, -0.2) is 37.8 Å². The lowest BCUT2D eigenvalue weighted by molar-refractivity contribution is 0.169. The second kappa shape index (κ2) is 5.72. The quantitative estimate of drug-likeness (QED) is 0.799. The van der Waals surface area contributed by atoms with Crippen LogP contribution in [0.15, 0.2) is 41.1 Å². The SMILES string of the molecule is Cc1noc([C@H]2C[C@@H](O)CN2Cc2ccc3ncccc3c2)n1. The Morgan fingerprint density at radius 1 is 1.35 bits per heavy atom. The second-order valence-electron chi connectivity index (χ2n) is 6.05. The van der Waals surface area contributed by atoms with E-state index in [-0.39, 0.29) is 12.1 Å². The van der Waals surface area contributed by atoms with Gasteiger partial charge < -0.3 is 9.63 Å². The molecule has 1 saturated heterocycles. The predicted molar refractivity (Wildman–Crippen MR) is 84.6 cm³/mol. The van der Waals surface area contributed by atoms with Gasteiger partial charge in [0.15, 0.2) is 5.82 Å². The summed E-state index contributed by atoms with van der Waals surface area (Å²) in [7, 11) is 0. The Kier molecular flexibility index (Phi) is 3.55. The van der Waals surface area contributed by atoms with Gasteiger partial charge in [-0.25, -0.2) is 0 Å². The van der Waals surface area contributed by atoms with E-state index in [0.717, 1.165) is 17.4 Å². The Morgan fingerprint density at radius 2 is 2.26 bits per heavy atom. The van der Waals surface area contributed by atoms with E-state index < -0.39 is 0 Å². The van der Waals surface area contributed by atoms with Crippen molar-refractivity contribution in [2.75, 3.05) is 6.54 Å². The van der Waals surface area contributed by atoms with Gasteiger partial charge in [-0.1, -0.05) is 17.3 Å². The van der Waals surface area contributed by atoms with E-state index in [9.17, 15) is 5.11 Å². The number of hydrogen-bond acceptors (Lipinski definition) is 6. The van der Waals surface area contributed by atoms with Crippen LogP contribution >= 0.6 is 0 Å². The zero-order chi connectivity index (χ0) is 15.8. The van der Waals surface area contributed by atoms with Crippen LogP contribution in [0.5, 0.6) is 0 Å². The maximum Gasteiger partial charge on any atom is 0.244 e. The number of aromatic nitrogens is 3. The minimum Gasteiger partial charge on any atom is -0.392 e. The molecule has 0 amide bonds. The summed E-state index contributed by atoms with van der Waals surface area (Å²) in [5.74, 6) is 1.21. The van der Waals surface area contributed by atoms with Gasteiger partial charge in [0.1, 0.15) is 0 Å². The highest BCUT2D eigenvalue weighted by Gasteiger charge is 2.35. The van der Waals surface area contributed by atoms with Crippen molar-refractivity contribution >= 4 is 10.9 Å². The molecule has 0 radical (unpaired) electrons. The fourth-order valence-electron chi connectivity index (χ4n) is 3.22. The number of aliphatic hydroxyl groups is 1. The minimum atomic E-state index is -0.366. The van der Waals surface area contributed by atoms with Gasteiger partial charge in [-0.15, -0.1) is 0 Å². The van der Waals surface area contributed by atoms with Crippen molar-refractivity contribution in [2.45, 2.75) is 32.0 Å². The van der Waals surface area contributed by atoms with Crippen LogP contribution < -0.4 is 0 Å². The number of fused-ring (bicyclic) bond motifs is 1. The van der Waals surface area contributed by atoms with E-state index in [1.54, 1.807) is 13.1 Å². The highest BCUT2D eigenvalue weighted by atomic mass is 16.5. The molecule has 0 unspecified atom stereocenters. The fraction of sp³-hybridized carbons (Fsp3) is 0.353. The summed E-state index contributed by atoms with van der Waals surface area (Å²) in [6.07, 6.45) is 2.05. The Morgan fingerprint density at radius 3 is 3.09 bits per heavy atom. The van der Waals surface area contributed by atoms with E-state index in [4.69, 9.17) is 4.52 Å². The lowest BCUT2D eigenvalue weighted by atomic mass is 10.1. The Labute approximate surface area is 133 Å². The molecule has 0 saturated carbocycles. The molecule has 3 heterocycles. The summed E-state index contributed by atoms with van der Waals surface area (Å²) < 4.78 is 5.31. The van der Waals surface area contributed by atoms with Gasteiger partial charge in [-0.2, -0.15) is 4.98 Å². The third-order valence-corrected chi connectivity index (χ3v) is 4.26. The molecular weight excluding hydrogens is 292 g/mol. The second-order valence-corrected chi connectivity index (χ2v) is 6.05. The maximum atomic E-state index is 10.0. The lowest BCUT2D eigenvalue weighted by Gasteiger charge is -2.21. The number of aliphatic hydroxyl groups excluding tert-OH is 1. The van der Waals surface area contributed by atoms with Crippen LogP contribution in [0.25, 0.3) is 10.9 Å². The van der Waals surface area contributed by atoms with Crippen molar-refractivity contribution in [3.05, 3.63) is 53.8 Å². The molecule has 1 aliphatic rings. The van der Waals surface area contributed by atoms with Crippen LogP contribution in [0, 0.1) is 6.92 Å². The molecule has 4 rings (SSSR count). The summed E-state index contributed by atoms with van der Waals surface area (Å²) in [4.78, 5) is 10.9. The van der Waals surface area contributed by atoms with Gasteiger partial charge >= 0.3 is 0 Å². The number of β-amino-alcohol motifs (C(OH)–C–C–N with tert-alkyl or cyclic N) is 1. The maximum absolute atomic E-state index is 10.0. The number of pyridine rings is 1. The van der Waals surface area contributed by atoms with Crippen molar-refractivity contribution < 1.29 is 9.63 Å². The summed E-state index contributed by atoms with van der Waals surface area (Å²) in [6.45, 7) is 3.14. The van der Waals surface area contributed by atoms with Gasteiger partial charge in [-0.05, 0) is 37.1 Å². The molecule has 3 aromatic rings. The molecule has 2 aromatic heterocycles. The molecular formula is C17H18N4O2. The van der Waals surface area contributed by atoms with Crippen LogP contribution in [0.2, 0.25) is 0 Å². The van der Waals surface area contributed by atoms with E-state index in [0.29, 0.717) is 24.7 Å². The van der Waals surface area contributed by atoms with Crippen molar-refractivity contribution in [3.63, 3.8) is 0 Å². The molecule has 118 valence electrons. The molecule has 6 nitrogen and oxygen atoms in total. The van der Waals surface area contributed by atoms with Crippen LogP contribution in [0.3, 0.4) is 0 Å². The summed E-state index contributed by atoms with van der Waals surface area (Å²) in [5.41, 5.74) is 2.17. The lowest BCUT2D eigenvalue weighted by Crippen LogP contribution is -2.24. The molecule has 1 aromatic carbocycles. The smallest absolute Gasteiger partial charge is 0.244 e. The van der Waals surface area contributed by atoms with Crippen LogP contribution in [-0.2, 0) is 6.54 Å². The fourth-order valence-corrected chi connectivity index (χ4v) is 3.22. The number of nitrogens with zero attached hydrogens (tertiary/aromatic N) is 4. The molecule has 1 fully saturated rings. The number of rotatable bonds is 3. The normalized spacial score (nSPS) is 22.0. The van der Waals surface area contributed by atoms with Gasteiger partial charge in [0.05, 0.1) is 17.7 Å². The van der Waals surface area contributed by atoms with Gasteiger partial charge in [0.25, 0.3) is 0 Å². The first-order chi connectivity index (χ1) is 11.2. The largest absolute Gasteiger partial charge is 0.392 e. The third kappa shape index (κ3) is 2.83. The number of likely N-dealkylation sites (tertiary alicyclic amines) is 1. The van der Waals surface area contributed by atoms with Crippen LogP contribution in [0.4, 0.5) is 0 Å². The molecule has 23 heavy (non-hydrogen) atoms. The zero-order valence-electron chi connectivity index (χ0n) is 12.9. The van der Waals surface area contributed by atoms with E-state index >= 15 is 0 Å². The van der Waals surface area contributed by atoms with Gasteiger partial charge in [-0.3, -0.25) is 9.88 Å². The topological polar surface area (TPSA) is 75.3 Å². The molecule has 0 bridgehead atoms. The zero-order valence-corrected chi connectivity index (χ0v) is 12.9. The van der Waals surface area contributed by atoms with Gasteiger partial charge in [0, 0.05) is 24.7 Å². The monoisotopic (exact) mass is 310 g/mol. The number of benzene rings is 1. The number of hydrogen-bond donors (Lipinski definition) is 1. The van der Waals surface area contributed by atoms with Crippen molar-refractivity contribution in [1.29, 1.82) is 0 Å². The highest BCUT2D eigenvalue weighted by molar-refractivity contribution is 5.78. The Hall–Kier alpha value is -2.31. The molecule has 0 spiro atoms. The minimum absolute atomic E-state index is 0.0317. The Bertz CT molecular complexity index is 832. The average molecular weight is 310 g/mol. The molecule has 6 heteroatoms. The highest BCUT2D eigenvalue weighted by Crippen LogP contribution is 2.32. The number of aryl methyl sites for hydroxylation is 1. The first-order valence-corrected chi connectivity index (χ1v) is 7.75. The molecule has 1 N–H and O–H groups in total. The molecule has 0 aliphatic carbocycles. The Balaban J connectivity index is 1.60. The summed E-state index contributed by atoms with van der Waals surface area (Å²) in [5, 5.41) is 15.0. The molecule has 1 aliphatic heterocycles. The first-order valence-electron chi connectivity index (χ1n) is 7.75. The predicted octanol–water partition coefficient (Wildman–Crippen LogP) is 2.23. The molecule has 2 atom stereocenters. The average Bonchev–Trinajstić information content (AvgIpc) is 3.13. The summed E-state index contributed by atoms with van der Waals surface area (Å²) in [6, 6.07) is 10.2. The third-order valence-electron chi connectivity index (χ3n) is 4.26. The van der Waals surface area contributed by atoms with E-state index in [1.807, 2.05) is 12.1 Å². The van der Waals surface area contributed by atoms with Crippen LogP contribution in [0.1, 0.15) is 29.7 Å². The van der Waals surface area contributed by atoms with Crippen molar-refractivity contribution in [3.8, 4) is 0 Å². The van der Waals surface area contributed by atoms with E-state index in [1.165, 1.54) is 5.56 Å². The van der Waals surface area contributed by atoms with Crippen molar-refractivity contribution in [2.24, 2.45) is 0 Å². The van der Waals surface area contributed by atoms with E-state index in [2.05, 4.69) is 38.2 Å².